The molecule has 18 heteroatoms. The van der Waals surface area contributed by atoms with Crippen molar-refractivity contribution in [1.82, 2.24) is 41.1 Å². The first-order valence-electron chi connectivity index (χ1n) is 25.3. The summed E-state index contributed by atoms with van der Waals surface area (Å²) in [5.74, 6) is 1.40. The van der Waals surface area contributed by atoms with Crippen LogP contribution in [0.2, 0.25) is 0 Å². The van der Waals surface area contributed by atoms with Crippen LogP contribution in [0, 0.1) is 18.8 Å². The van der Waals surface area contributed by atoms with Crippen LogP contribution < -0.4 is 41.5 Å². The molecule has 7 N–H and O–H groups in total. The first kappa shape index (κ1) is 50.1. The van der Waals surface area contributed by atoms with E-state index in [1.54, 1.807) is 37.6 Å². The fourth-order valence-electron chi connectivity index (χ4n) is 10.3. The van der Waals surface area contributed by atoms with E-state index in [-0.39, 0.29) is 41.3 Å². The molecule has 4 amide bonds. The van der Waals surface area contributed by atoms with E-state index >= 15 is 0 Å². The predicted molar refractivity (Wildman–Crippen MR) is 280 cm³/mol. The van der Waals surface area contributed by atoms with Crippen LogP contribution in [0.25, 0.3) is 22.5 Å². The van der Waals surface area contributed by atoms with Crippen LogP contribution in [0.5, 0.6) is 5.75 Å². The van der Waals surface area contributed by atoms with Crippen molar-refractivity contribution in [3.05, 3.63) is 126 Å². The van der Waals surface area contributed by atoms with Gasteiger partial charge in [-0.2, -0.15) is 5.10 Å². The Labute approximate surface area is 425 Å². The second-order valence-electron chi connectivity index (χ2n) is 19.0. The van der Waals surface area contributed by atoms with Gasteiger partial charge in [-0.05, 0) is 118 Å². The van der Waals surface area contributed by atoms with Gasteiger partial charge in [0, 0.05) is 73.4 Å². The maximum atomic E-state index is 13.9. The van der Waals surface area contributed by atoms with E-state index in [9.17, 15) is 19.2 Å². The number of nitrogens with zero attached hydrogens (tertiary/aromatic N) is 6. The maximum absolute atomic E-state index is 13.9. The third kappa shape index (κ3) is 12.1. The second-order valence-corrected chi connectivity index (χ2v) is 19.0. The van der Waals surface area contributed by atoms with Gasteiger partial charge in [0.2, 0.25) is 11.8 Å². The number of nitrogen functional groups attached to an aromatic ring is 1. The van der Waals surface area contributed by atoms with Crippen LogP contribution in [0.3, 0.4) is 0 Å². The van der Waals surface area contributed by atoms with E-state index in [0.29, 0.717) is 110 Å². The van der Waals surface area contributed by atoms with Crippen LogP contribution in [-0.4, -0.2) is 107 Å². The Kier molecular flexibility index (Phi) is 15.9. The molecule has 3 aromatic heterocycles. The van der Waals surface area contributed by atoms with Crippen LogP contribution >= 0.6 is 0 Å². The Morgan fingerprint density at radius 1 is 0.808 bits per heavy atom. The van der Waals surface area contributed by atoms with E-state index in [1.807, 2.05) is 86.6 Å². The SMILES string of the molecule is COc1cc(N2CCC(C(=O)NCCOCCNC(=O)[C@@H]3C[C@@H]4CCCC[C@@H]4N3c3cc([C@H](C)NC(=O)c4ccc(-c5ccc(N)cc5)cc4)nc(C)n3)CC2)ccc1NC(=O)c1cccc(-c2ccn[nH]2)n1. The van der Waals surface area contributed by atoms with Crippen molar-refractivity contribution in [2.75, 3.05) is 67.4 Å². The van der Waals surface area contributed by atoms with E-state index in [4.69, 9.17) is 25.2 Å². The number of nitrogens with two attached hydrogens (primary N) is 1. The van der Waals surface area contributed by atoms with Crippen molar-refractivity contribution in [3.63, 3.8) is 0 Å². The lowest BCUT2D eigenvalue weighted by Crippen LogP contribution is -2.48. The average Bonchev–Trinajstić information content (AvgIpc) is 4.11. The number of anilines is 4. The number of pyridine rings is 1. The Morgan fingerprint density at radius 3 is 2.26 bits per heavy atom. The third-order valence-corrected chi connectivity index (χ3v) is 14.2. The number of hydrogen-bond donors (Lipinski definition) is 6. The van der Waals surface area contributed by atoms with Crippen molar-refractivity contribution in [2.24, 2.45) is 11.8 Å². The molecule has 0 unspecified atom stereocenters. The molecule has 3 aromatic carbocycles. The fourth-order valence-corrected chi connectivity index (χ4v) is 10.3. The van der Waals surface area contributed by atoms with E-state index in [1.165, 1.54) is 0 Å². The molecule has 6 aromatic rings. The van der Waals surface area contributed by atoms with Gasteiger partial charge in [-0.1, -0.05) is 43.2 Å². The number of benzene rings is 3. The number of carbonyl (C=O) groups excluding carboxylic acids is 4. The van der Waals surface area contributed by atoms with Gasteiger partial charge < -0.3 is 46.3 Å². The van der Waals surface area contributed by atoms with Crippen LogP contribution in [0.4, 0.5) is 22.9 Å². The number of aromatic amines is 1. The quantitative estimate of drug-likeness (QED) is 0.0382. The van der Waals surface area contributed by atoms with Crippen molar-refractivity contribution in [1.29, 1.82) is 0 Å². The van der Waals surface area contributed by atoms with E-state index < -0.39 is 12.1 Å². The van der Waals surface area contributed by atoms with Crippen molar-refractivity contribution >= 4 is 46.5 Å². The first-order chi connectivity index (χ1) is 35.5. The number of ether oxygens (including phenoxy) is 2. The lowest BCUT2D eigenvalue weighted by Gasteiger charge is -2.35. The van der Waals surface area contributed by atoms with Crippen LogP contribution in [0.15, 0.2) is 103 Å². The number of aryl methyl sites for hydroxylation is 1. The van der Waals surface area contributed by atoms with Gasteiger partial charge in [-0.25, -0.2) is 15.0 Å². The molecular weight excluding hydrogens is 925 g/mol. The average molecular weight is 989 g/mol. The van der Waals surface area contributed by atoms with Crippen molar-refractivity contribution in [3.8, 4) is 28.3 Å². The lowest BCUT2D eigenvalue weighted by molar-refractivity contribution is -0.125. The smallest absolute Gasteiger partial charge is 0.274 e. The highest BCUT2D eigenvalue weighted by Crippen LogP contribution is 2.42. The standard InChI is InChI=1S/C55H64N12O6/c1-34(60-53(69)38-13-11-36(12-14-38)37-15-17-41(56)18-16-37)47-33-51(62-35(2)61-47)67-48-10-5-4-7-40(48)31-49(67)55(71)58-26-30-73-29-25-57-52(68)39-22-27-66(28-23-39)42-19-20-45(50(32-42)72-3)64-54(70)46-9-6-8-43(63-46)44-21-24-59-65-44/h6,8-9,11-21,24,32-34,39-40,48-49H,4-5,7,10,22-23,25-31,56H2,1-3H3,(H,57,68)(H,58,71)(H,59,65)(H,60,69)(H,64,70)/t34-,40-,48-,49-/m0/s1. The monoisotopic (exact) mass is 989 g/mol. The Bertz CT molecular complexity index is 2870. The first-order valence-corrected chi connectivity index (χ1v) is 25.3. The minimum Gasteiger partial charge on any atom is -0.494 e. The molecule has 2 saturated heterocycles. The number of rotatable bonds is 18. The topological polar surface area (TPSA) is 235 Å². The summed E-state index contributed by atoms with van der Waals surface area (Å²) in [6.07, 6.45) is 8.02. The second kappa shape index (κ2) is 23.1. The number of carbonyl (C=O) groups is 4. The van der Waals surface area contributed by atoms with Crippen LogP contribution in [0.1, 0.15) is 90.3 Å². The van der Waals surface area contributed by atoms with Gasteiger partial charge >= 0.3 is 0 Å². The van der Waals surface area contributed by atoms with Gasteiger partial charge in [-0.3, -0.25) is 24.3 Å². The molecule has 0 spiro atoms. The largest absolute Gasteiger partial charge is 0.494 e. The molecule has 1 saturated carbocycles. The number of piperidine rings is 1. The number of aromatic nitrogens is 5. The molecule has 3 aliphatic rings. The summed E-state index contributed by atoms with van der Waals surface area (Å²) in [5.41, 5.74) is 12.8. The van der Waals surface area contributed by atoms with Gasteiger partial charge in [0.05, 0.1) is 49.1 Å². The summed E-state index contributed by atoms with van der Waals surface area (Å²) in [7, 11) is 1.56. The van der Waals surface area contributed by atoms with E-state index in [0.717, 1.165) is 48.9 Å². The highest BCUT2D eigenvalue weighted by atomic mass is 16.5. The zero-order valence-electron chi connectivity index (χ0n) is 41.6. The molecule has 5 heterocycles. The third-order valence-electron chi connectivity index (χ3n) is 14.2. The highest BCUT2D eigenvalue weighted by Gasteiger charge is 2.46. The summed E-state index contributed by atoms with van der Waals surface area (Å²) in [4.78, 5) is 72.2. The molecule has 4 atom stereocenters. The molecule has 73 heavy (non-hydrogen) atoms. The number of hydrogen-bond acceptors (Lipinski definition) is 13. The van der Waals surface area contributed by atoms with Gasteiger partial charge in [0.15, 0.2) is 0 Å². The van der Waals surface area contributed by atoms with Crippen LogP contribution in [-0.2, 0) is 14.3 Å². The summed E-state index contributed by atoms with van der Waals surface area (Å²) >= 11 is 0. The minimum absolute atomic E-state index is 0.000699. The van der Waals surface area contributed by atoms with Gasteiger partial charge in [0.25, 0.3) is 11.8 Å². The number of H-pyrrole nitrogens is 1. The number of amides is 4. The number of methoxy groups -OCH3 is 1. The van der Waals surface area contributed by atoms with Crippen molar-refractivity contribution < 1.29 is 28.7 Å². The highest BCUT2D eigenvalue weighted by molar-refractivity contribution is 6.04. The zero-order chi connectivity index (χ0) is 50.8. The molecule has 18 nitrogen and oxygen atoms in total. The Balaban J connectivity index is 0.709. The number of nitrogens with one attached hydrogen (secondary N) is 5. The summed E-state index contributed by atoms with van der Waals surface area (Å²) < 4.78 is 11.5. The van der Waals surface area contributed by atoms with Gasteiger partial charge in [0.1, 0.15) is 29.1 Å². The zero-order valence-corrected chi connectivity index (χ0v) is 41.6. The fraction of sp³-hybridized carbons (Fsp3) is 0.382. The molecule has 380 valence electrons. The molecule has 2 aliphatic heterocycles. The van der Waals surface area contributed by atoms with E-state index in [2.05, 4.69) is 46.2 Å². The Hall–Kier alpha value is -7.86. The molecule has 1 aliphatic carbocycles. The Morgan fingerprint density at radius 2 is 1.53 bits per heavy atom. The molecule has 3 fully saturated rings. The molecular formula is C55H64N12O6. The summed E-state index contributed by atoms with van der Waals surface area (Å²) in [6.45, 7) is 6.45. The number of fused-ring (bicyclic) bond motifs is 1. The lowest BCUT2D eigenvalue weighted by atomic mass is 9.84. The molecule has 9 rings (SSSR count). The van der Waals surface area contributed by atoms with Gasteiger partial charge in [-0.15, -0.1) is 0 Å². The maximum Gasteiger partial charge on any atom is 0.274 e. The summed E-state index contributed by atoms with van der Waals surface area (Å²) in [5, 5.41) is 19.0. The minimum atomic E-state index is -0.413. The normalized spacial score (nSPS) is 18.1. The molecule has 0 radical (unpaired) electrons. The van der Waals surface area contributed by atoms with Crippen molar-refractivity contribution in [2.45, 2.75) is 76.9 Å². The summed E-state index contributed by atoms with van der Waals surface area (Å²) in [6, 6.07) is 29.1. The predicted octanol–water partition coefficient (Wildman–Crippen LogP) is 6.87. The molecule has 0 bridgehead atoms.